The van der Waals surface area contributed by atoms with Gasteiger partial charge in [0.1, 0.15) is 0 Å². The third-order valence-electron chi connectivity index (χ3n) is 3.24. The second-order valence-corrected chi connectivity index (χ2v) is 4.84. The topological polar surface area (TPSA) is 61.4 Å². The monoisotopic (exact) mass is 255 g/mol. The molecule has 0 saturated carbocycles. The first-order valence-electron chi connectivity index (χ1n) is 6.91. The van der Waals surface area contributed by atoms with Crippen molar-refractivity contribution in [2.75, 3.05) is 32.7 Å². The van der Waals surface area contributed by atoms with E-state index >= 15 is 0 Å². The minimum atomic E-state index is -0.0492. The molecule has 2 amide bonds. The van der Waals surface area contributed by atoms with Gasteiger partial charge in [-0.05, 0) is 19.4 Å². The van der Waals surface area contributed by atoms with Crippen LogP contribution in [0.15, 0.2) is 0 Å². The molecule has 5 heteroatoms. The maximum absolute atomic E-state index is 11.7. The molecule has 0 aromatic heterocycles. The molecule has 0 aromatic rings. The van der Waals surface area contributed by atoms with Crippen molar-refractivity contribution in [2.45, 2.75) is 33.1 Å². The Kier molecular flexibility index (Phi) is 6.72. The van der Waals surface area contributed by atoms with E-state index < -0.39 is 0 Å². The zero-order chi connectivity index (χ0) is 13.4. The van der Waals surface area contributed by atoms with Crippen LogP contribution in [0.2, 0.25) is 0 Å². The van der Waals surface area contributed by atoms with Crippen LogP contribution in [0.4, 0.5) is 0 Å². The molecule has 104 valence electrons. The van der Waals surface area contributed by atoms with E-state index in [1.807, 2.05) is 18.7 Å². The van der Waals surface area contributed by atoms with Crippen LogP contribution in [-0.4, -0.2) is 49.4 Å². The Hall–Kier alpha value is -1.10. The molecule has 0 spiro atoms. The zero-order valence-corrected chi connectivity index (χ0v) is 11.5. The normalized spacial score (nSPS) is 16.7. The summed E-state index contributed by atoms with van der Waals surface area (Å²) >= 11 is 0. The van der Waals surface area contributed by atoms with E-state index in [2.05, 4.69) is 10.6 Å². The highest BCUT2D eigenvalue weighted by Gasteiger charge is 2.18. The van der Waals surface area contributed by atoms with Gasteiger partial charge < -0.3 is 15.5 Å². The lowest BCUT2D eigenvalue weighted by Crippen LogP contribution is -2.37. The van der Waals surface area contributed by atoms with E-state index in [1.54, 1.807) is 0 Å². The Morgan fingerprint density at radius 3 is 2.56 bits per heavy atom. The summed E-state index contributed by atoms with van der Waals surface area (Å²) in [6.07, 6.45) is 2.63. The van der Waals surface area contributed by atoms with Gasteiger partial charge in [0.05, 0.1) is 0 Å². The van der Waals surface area contributed by atoms with Crippen molar-refractivity contribution in [3.8, 4) is 0 Å². The Morgan fingerprint density at radius 1 is 1.28 bits per heavy atom. The molecule has 2 N–H and O–H groups in total. The van der Waals surface area contributed by atoms with Gasteiger partial charge in [-0.3, -0.25) is 9.59 Å². The van der Waals surface area contributed by atoms with E-state index in [4.69, 9.17) is 0 Å². The lowest BCUT2D eigenvalue weighted by atomic mass is 10.1. The molecule has 1 fully saturated rings. The number of hydrogen-bond acceptors (Lipinski definition) is 3. The maximum atomic E-state index is 11.7. The smallest absolute Gasteiger partial charge is 0.224 e. The first kappa shape index (κ1) is 15.0. The first-order valence-corrected chi connectivity index (χ1v) is 6.91. The molecular formula is C13H25N3O2. The largest absolute Gasteiger partial charge is 0.355 e. The van der Waals surface area contributed by atoms with Crippen LogP contribution in [0.1, 0.15) is 33.1 Å². The van der Waals surface area contributed by atoms with Crippen LogP contribution in [-0.2, 0) is 9.59 Å². The number of nitrogens with zero attached hydrogens (tertiary/aromatic N) is 1. The fourth-order valence-corrected chi connectivity index (χ4v) is 2.05. The van der Waals surface area contributed by atoms with E-state index in [0.29, 0.717) is 19.5 Å². The van der Waals surface area contributed by atoms with Crippen molar-refractivity contribution in [2.24, 2.45) is 5.92 Å². The van der Waals surface area contributed by atoms with Gasteiger partial charge in [0.25, 0.3) is 0 Å². The lowest BCUT2D eigenvalue weighted by Gasteiger charge is -2.16. The summed E-state index contributed by atoms with van der Waals surface area (Å²) in [6.45, 7) is 7.66. The SMILES string of the molecule is CCNCC(C)C(=O)NCCC(=O)N1CCCC1. The summed E-state index contributed by atoms with van der Waals surface area (Å²) in [4.78, 5) is 25.3. The highest BCUT2D eigenvalue weighted by atomic mass is 16.2. The van der Waals surface area contributed by atoms with Gasteiger partial charge in [0.15, 0.2) is 0 Å². The molecule has 18 heavy (non-hydrogen) atoms. The molecule has 1 rings (SSSR count). The fraction of sp³-hybridized carbons (Fsp3) is 0.846. The average molecular weight is 255 g/mol. The highest BCUT2D eigenvalue weighted by Crippen LogP contribution is 2.08. The fourth-order valence-electron chi connectivity index (χ4n) is 2.05. The molecule has 0 aliphatic carbocycles. The second-order valence-electron chi connectivity index (χ2n) is 4.84. The Morgan fingerprint density at radius 2 is 1.94 bits per heavy atom. The van der Waals surface area contributed by atoms with E-state index in [1.165, 1.54) is 0 Å². The summed E-state index contributed by atoms with van der Waals surface area (Å²) in [6, 6.07) is 0. The maximum Gasteiger partial charge on any atom is 0.224 e. The molecule has 0 bridgehead atoms. The number of nitrogens with one attached hydrogen (secondary N) is 2. The van der Waals surface area contributed by atoms with Gasteiger partial charge in [-0.15, -0.1) is 0 Å². The molecule has 1 atom stereocenters. The van der Waals surface area contributed by atoms with Crippen molar-refractivity contribution in [1.82, 2.24) is 15.5 Å². The summed E-state index contributed by atoms with van der Waals surface area (Å²) in [5, 5.41) is 5.96. The van der Waals surface area contributed by atoms with Crippen molar-refractivity contribution in [3.63, 3.8) is 0 Å². The third-order valence-corrected chi connectivity index (χ3v) is 3.24. The number of carbonyl (C=O) groups is 2. The average Bonchev–Trinajstić information content (AvgIpc) is 2.89. The van der Waals surface area contributed by atoms with Gasteiger partial charge in [0.2, 0.25) is 11.8 Å². The quantitative estimate of drug-likeness (QED) is 0.690. The number of rotatable bonds is 7. The van der Waals surface area contributed by atoms with E-state index in [0.717, 1.165) is 32.5 Å². The van der Waals surface area contributed by atoms with E-state index in [9.17, 15) is 9.59 Å². The second kappa shape index (κ2) is 8.08. The number of amides is 2. The summed E-state index contributed by atoms with van der Waals surface area (Å²) in [5.74, 6) is 0.129. The van der Waals surface area contributed by atoms with Gasteiger partial charge >= 0.3 is 0 Å². The predicted octanol–water partition coefficient (Wildman–Crippen LogP) is 0.361. The highest BCUT2D eigenvalue weighted by molar-refractivity contribution is 5.80. The molecule has 0 radical (unpaired) electrons. The molecule has 1 saturated heterocycles. The van der Waals surface area contributed by atoms with Crippen molar-refractivity contribution in [1.29, 1.82) is 0 Å². The van der Waals surface area contributed by atoms with Crippen LogP contribution in [0.3, 0.4) is 0 Å². The Bertz CT molecular complexity index is 275. The van der Waals surface area contributed by atoms with Gasteiger partial charge in [-0.1, -0.05) is 13.8 Å². The van der Waals surface area contributed by atoms with Crippen LogP contribution in [0.25, 0.3) is 0 Å². The Balaban J connectivity index is 2.12. The van der Waals surface area contributed by atoms with Crippen molar-refractivity contribution >= 4 is 11.8 Å². The molecule has 1 aliphatic rings. The number of hydrogen-bond donors (Lipinski definition) is 2. The third kappa shape index (κ3) is 5.04. The molecule has 1 unspecified atom stereocenters. The van der Waals surface area contributed by atoms with Gasteiger partial charge in [-0.2, -0.15) is 0 Å². The summed E-state index contributed by atoms with van der Waals surface area (Å²) in [5.41, 5.74) is 0. The van der Waals surface area contributed by atoms with E-state index in [-0.39, 0.29) is 17.7 Å². The van der Waals surface area contributed by atoms with Crippen LogP contribution >= 0.6 is 0 Å². The predicted molar refractivity (Wildman–Crippen MR) is 71.1 cm³/mol. The van der Waals surface area contributed by atoms with Gasteiger partial charge in [0, 0.05) is 38.5 Å². The molecule has 0 aromatic carbocycles. The molecule has 1 heterocycles. The summed E-state index contributed by atoms with van der Waals surface area (Å²) in [7, 11) is 0. The lowest BCUT2D eigenvalue weighted by molar-refractivity contribution is -0.130. The zero-order valence-electron chi connectivity index (χ0n) is 11.5. The van der Waals surface area contributed by atoms with Crippen molar-refractivity contribution < 1.29 is 9.59 Å². The van der Waals surface area contributed by atoms with Crippen LogP contribution in [0.5, 0.6) is 0 Å². The summed E-state index contributed by atoms with van der Waals surface area (Å²) < 4.78 is 0. The standard InChI is InChI=1S/C13H25N3O2/c1-3-14-10-11(2)13(18)15-7-6-12(17)16-8-4-5-9-16/h11,14H,3-10H2,1-2H3,(H,15,18). The van der Waals surface area contributed by atoms with Crippen LogP contribution in [0, 0.1) is 5.92 Å². The molecule has 5 nitrogen and oxygen atoms in total. The van der Waals surface area contributed by atoms with Crippen LogP contribution < -0.4 is 10.6 Å². The Labute approximate surface area is 109 Å². The minimum Gasteiger partial charge on any atom is -0.355 e. The minimum absolute atomic E-state index is 0.0187. The van der Waals surface area contributed by atoms with Gasteiger partial charge in [-0.25, -0.2) is 0 Å². The number of carbonyl (C=O) groups excluding carboxylic acids is 2. The number of likely N-dealkylation sites (tertiary alicyclic amines) is 1. The molecular weight excluding hydrogens is 230 g/mol. The molecule has 1 aliphatic heterocycles. The van der Waals surface area contributed by atoms with Crippen molar-refractivity contribution in [3.05, 3.63) is 0 Å². The first-order chi connectivity index (χ1) is 8.65.